The number of pyridine rings is 1. The van der Waals surface area contributed by atoms with E-state index in [1.54, 1.807) is 43.0 Å². The molecule has 2 aromatic heterocycles. The first-order valence-corrected chi connectivity index (χ1v) is 8.21. The lowest BCUT2D eigenvalue weighted by molar-refractivity contribution is 0.0934. The van der Waals surface area contributed by atoms with Crippen LogP contribution in [-0.2, 0) is 4.74 Å². The predicted molar refractivity (Wildman–Crippen MR) is 98.6 cm³/mol. The second kappa shape index (κ2) is 7.79. The van der Waals surface area contributed by atoms with Gasteiger partial charge >= 0.3 is 0 Å². The van der Waals surface area contributed by atoms with Crippen molar-refractivity contribution < 1.29 is 14.3 Å². The molecule has 0 fully saturated rings. The van der Waals surface area contributed by atoms with Gasteiger partial charge in [0, 0.05) is 32.6 Å². The van der Waals surface area contributed by atoms with E-state index in [0.717, 1.165) is 5.69 Å². The largest absolute Gasteiger partial charge is 0.383 e. The van der Waals surface area contributed by atoms with E-state index in [1.807, 2.05) is 30.3 Å². The second-order valence-electron chi connectivity index (χ2n) is 5.69. The Kier molecular flexibility index (Phi) is 5.28. The van der Waals surface area contributed by atoms with E-state index in [4.69, 9.17) is 4.74 Å². The highest BCUT2D eigenvalue weighted by Crippen LogP contribution is 2.18. The van der Waals surface area contributed by atoms with E-state index in [9.17, 15) is 9.59 Å². The number of anilines is 1. The van der Waals surface area contributed by atoms with E-state index in [2.05, 4.69) is 10.3 Å². The number of rotatable bonds is 6. The Bertz CT molecular complexity index is 921. The van der Waals surface area contributed by atoms with Gasteiger partial charge in [-0.05, 0) is 24.3 Å². The fraction of sp³-hybridized carbons (Fsp3) is 0.211. The summed E-state index contributed by atoms with van der Waals surface area (Å²) in [5.41, 5.74) is 1.54. The van der Waals surface area contributed by atoms with Crippen LogP contribution in [0.3, 0.4) is 0 Å². The molecule has 7 heteroatoms. The van der Waals surface area contributed by atoms with Gasteiger partial charge in [0.2, 0.25) is 5.82 Å². The van der Waals surface area contributed by atoms with Crippen LogP contribution in [0.25, 0.3) is 5.52 Å². The van der Waals surface area contributed by atoms with E-state index in [-0.39, 0.29) is 23.3 Å². The molecule has 0 atom stereocenters. The van der Waals surface area contributed by atoms with Crippen molar-refractivity contribution in [2.24, 2.45) is 0 Å². The summed E-state index contributed by atoms with van der Waals surface area (Å²) in [4.78, 5) is 31.2. The molecular weight excluding hydrogens is 332 g/mol. The number of fused-ring (bicyclic) bond motifs is 1. The molecule has 0 aliphatic carbocycles. The van der Waals surface area contributed by atoms with Crippen molar-refractivity contribution >= 4 is 23.0 Å². The van der Waals surface area contributed by atoms with Gasteiger partial charge in [-0.15, -0.1) is 0 Å². The van der Waals surface area contributed by atoms with Crippen LogP contribution < -0.4 is 10.2 Å². The van der Waals surface area contributed by atoms with Gasteiger partial charge in [-0.3, -0.25) is 14.0 Å². The number of hydrogen-bond donors (Lipinski definition) is 1. The number of carbonyl (C=O) groups is 2. The number of imidazole rings is 1. The van der Waals surface area contributed by atoms with Crippen LogP contribution in [-0.4, -0.2) is 48.5 Å². The Morgan fingerprint density at radius 3 is 2.62 bits per heavy atom. The third-order valence-electron chi connectivity index (χ3n) is 3.99. The third kappa shape index (κ3) is 3.43. The average Bonchev–Trinajstić information content (AvgIpc) is 3.07. The summed E-state index contributed by atoms with van der Waals surface area (Å²) in [6.07, 6.45) is 1.72. The van der Waals surface area contributed by atoms with Crippen LogP contribution in [0.2, 0.25) is 0 Å². The SMILES string of the molecule is COCCNC(=O)c1nc(C(=O)N(C)c2ccccc2)n2ccccc12. The Labute approximate surface area is 151 Å². The van der Waals surface area contributed by atoms with Crippen molar-refractivity contribution in [3.8, 4) is 0 Å². The summed E-state index contributed by atoms with van der Waals surface area (Å²) in [5, 5.41) is 2.74. The van der Waals surface area contributed by atoms with Gasteiger partial charge in [-0.25, -0.2) is 4.98 Å². The smallest absolute Gasteiger partial charge is 0.294 e. The van der Waals surface area contributed by atoms with Crippen LogP contribution in [0.1, 0.15) is 21.1 Å². The van der Waals surface area contributed by atoms with Crippen molar-refractivity contribution in [3.63, 3.8) is 0 Å². The monoisotopic (exact) mass is 352 g/mol. The Hall–Kier alpha value is -3.19. The summed E-state index contributed by atoms with van der Waals surface area (Å²) in [5.74, 6) is -0.454. The number of benzene rings is 1. The first-order valence-electron chi connectivity index (χ1n) is 8.21. The van der Waals surface area contributed by atoms with Crippen LogP contribution in [0, 0.1) is 0 Å². The molecule has 0 aliphatic heterocycles. The zero-order valence-corrected chi connectivity index (χ0v) is 14.7. The quantitative estimate of drug-likeness (QED) is 0.689. The lowest BCUT2D eigenvalue weighted by atomic mass is 10.3. The number of ether oxygens (including phenoxy) is 1. The zero-order valence-electron chi connectivity index (χ0n) is 14.7. The second-order valence-corrected chi connectivity index (χ2v) is 5.69. The van der Waals surface area contributed by atoms with Gasteiger partial charge < -0.3 is 15.0 Å². The van der Waals surface area contributed by atoms with Gasteiger partial charge in [-0.2, -0.15) is 0 Å². The number of nitrogens with one attached hydrogen (secondary N) is 1. The number of hydrogen-bond acceptors (Lipinski definition) is 4. The third-order valence-corrected chi connectivity index (χ3v) is 3.99. The molecule has 26 heavy (non-hydrogen) atoms. The molecule has 0 saturated heterocycles. The van der Waals surface area contributed by atoms with Gasteiger partial charge in [-0.1, -0.05) is 24.3 Å². The van der Waals surface area contributed by atoms with Crippen LogP contribution in [0.15, 0.2) is 54.7 Å². The molecular formula is C19H20N4O3. The van der Waals surface area contributed by atoms with E-state index >= 15 is 0 Å². The minimum absolute atomic E-state index is 0.184. The molecule has 0 saturated carbocycles. The molecule has 0 radical (unpaired) electrons. The summed E-state index contributed by atoms with van der Waals surface area (Å²) in [6, 6.07) is 14.6. The summed E-state index contributed by atoms with van der Waals surface area (Å²) < 4.78 is 6.57. The lowest BCUT2D eigenvalue weighted by Crippen LogP contribution is -2.29. The molecule has 1 aromatic carbocycles. The molecule has 2 heterocycles. The summed E-state index contributed by atoms with van der Waals surface area (Å²) in [7, 11) is 3.24. The minimum atomic E-state index is -0.341. The number of carbonyl (C=O) groups excluding carboxylic acids is 2. The van der Waals surface area contributed by atoms with Gasteiger partial charge in [0.15, 0.2) is 5.69 Å². The molecule has 1 N–H and O–H groups in total. The van der Waals surface area contributed by atoms with Gasteiger partial charge in [0.1, 0.15) is 0 Å². The standard InChI is InChI=1S/C19H20N4O3/c1-22(14-8-4-3-5-9-14)19(25)17-21-16(18(24)20-11-13-26-2)15-10-6-7-12-23(15)17/h3-10,12H,11,13H2,1-2H3,(H,20,24). The number of nitrogens with zero attached hydrogens (tertiary/aromatic N) is 3. The first-order chi connectivity index (χ1) is 12.6. The maximum Gasteiger partial charge on any atom is 0.294 e. The highest BCUT2D eigenvalue weighted by molar-refractivity contribution is 6.07. The zero-order chi connectivity index (χ0) is 18.5. The maximum absolute atomic E-state index is 12.9. The van der Waals surface area contributed by atoms with Crippen LogP contribution in [0.5, 0.6) is 0 Å². The molecule has 0 spiro atoms. The Balaban J connectivity index is 1.96. The Morgan fingerprint density at radius 1 is 1.15 bits per heavy atom. The molecule has 134 valence electrons. The van der Waals surface area contributed by atoms with Crippen molar-refractivity contribution in [2.75, 3.05) is 32.2 Å². The lowest BCUT2D eigenvalue weighted by Gasteiger charge is -2.16. The van der Waals surface area contributed by atoms with E-state index < -0.39 is 0 Å². The van der Waals surface area contributed by atoms with Gasteiger partial charge in [0.05, 0.1) is 12.1 Å². The van der Waals surface area contributed by atoms with Crippen LogP contribution >= 0.6 is 0 Å². The first kappa shape index (κ1) is 17.6. The summed E-state index contributed by atoms with van der Waals surface area (Å²) in [6.45, 7) is 0.772. The fourth-order valence-electron chi connectivity index (χ4n) is 2.62. The fourth-order valence-corrected chi connectivity index (χ4v) is 2.62. The number of aromatic nitrogens is 2. The maximum atomic E-state index is 12.9. The Morgan fingerprint density at radius 2 is 1.88 bits per heavy atom. The molecule has 0 bridgehead atoms. The molecule has 7 nitrogen and oxygen atoms in total. The van der Waals surface area contributed by atoms with Crippen molar-refractivity contribution in [1.29, 1.82) is 0 Å². The normalized spacial score (nSPS) is 10.7. The van der Waals surface area contributed by atoms with Crippen molar-refractivity contribution in [2.45, 2.75) is 0 Å². The van der Waals surface area contributed by atoms with Crippen LogP contribution in [0.4, 0.5) is 5.69 Å². The topological polar surface area (TPSA) is 75.9 Å². The van der Waals surface area contributed by atoms with E-state index in [0.29, 0.717) is 18.7 Å². The average molecular weight is 352 g/mol. The molecule has 0 aliphatic rings. The highest BCUT2D eigenvalue weighted by Gasteiger charge is 2.24. The molecule has 2 amide bonds. The number of amides is 2. The van der Waals surface area contributed by atoms with E-state index in [1.165, 1.54) is 4.90 Å². The van der Waals surface area contributed by atoms with Crippen molar-refractivity contribution in [1.82, 2.24) is 14.7 Å². The van der Waals surface area contributed by atoms with Crippen molar-refractivity contribution in [3.05, 3.63) is 66.2 Å². The molecule has 0 unspecified atom stereocenters. The summed E-state index contributed by atoms with van der Waals surface area (Å²) >= 11 is 0. The molecule has 3 aromatic rings. The number of para-hydroxylation sites is 1. The number of methoxy groups -OCH3 is 1. The van der Waals surface area contributed by atoms with Gasteiger partial charge in [0.25, 0.3) is 11.8 Å². The predicted octanol–water partition coefficient (Wildman–Crippen LogP) is 1.99. The molecule has 3 rings (SSSR count). The highest BCUT2D eigenvalue weighted by atomic mass is 16.5. The minimum Gasteiger partial charge on any atom is -0.383 e.